The minimum absolute atomic E-state index is 0.0367. The third kappa shape index (κ3) is 2.01. The van der Waals surface area contributed by atoms with E-state index in [-0.39, 0.29) is 16.8 Å². The van der Waals surface area contributed by atoms with Gasteiger partial charge < -0.3 is 15.6 Å². The van der Waals surface area contributed by atoms with Crippen molar-refractivity contribution in [3.05, 3.63) is 29.3 Å². The van der Waals surface area contributed by atoms with E-state index in [0.29, 0.717) is 0 Å². The summed E-state index contributed by atoms with van der Waals surface area (Å²) in [5, 5.41) is 8.68. The van der Waals surface area contributed by atoms with Crippen molar-refractivity contribution in [2.24, 2.45) is 0 Å². The molecule has 3 N–H and O–H groups in total. The monoisotopic (exact) mass is 195 g/mol. The summed E-state index contributed by atoms with van der Waals surface area (Å²) in [7, 11) is 1.21. The summed E-state index contributed by atoms with van der Waals surface area (Å²) in [6.45, 7) is 0. The van der Waals surface area contributed by atoms with Gasteiger partial charge in [0, 0.05) is 5.69 Å². The molecular formula is C9H9NO4. The normalized spacial score (nSPS) is 9.50. The highest BCUT2D eigenvalue weighted by Gasteiger charge is 2.11. The van der Waals surface area contributed by atoms with E-state index in [4.69, 9.17) is 10.8 Å². The molecule has 1 rings (SSSR count). The number of rotatable bonds is 2. The van der Waals surface area contributed by atoms with E-state index in [1.165, 1.54) is 25.3 Å². The number of benzene rings is 1. The van der Waals surface area contributed by atoms with Crippen LogP contribution in [0.15, 0.2) is 18.2 Å². The fraction of sp³-hybridized carbons (Fsp3) is 0.111. The lowest BCUT2D eigenvalue weighted by Gasteiger charge is -2.02. The maximum atomic E-state index is 11.1. The fourth-order valence-electron chi connectivity index (χ4n) is 1.01. The molecule has 1 aromatic carbocycles. The molecule has 0 radical (unpaired) electrons. The van der Waals surface area contributed by atoms with Crippen LogP contribution >= 0.6 is 0 Å². The predicted molar refractivity (Wildman–Crippen MR) is 49.2 cm³/mol. The Morgan fingerprint density at radius 2 is 1.86 bits per heavy atom. The Bertz CT molecular complexity index is 386. The molecular weight excluding hydrogens is 186 g/mol. The lowest BCUT2D eigenvalue weighted by atomic mass is 10.1. The summed E-state index contributed by atoms with van der Waals surface area (Å²) < 4.78 is 4.44. The van der Waals surface area contributed by atoms with E-state index >= 15 is 0 Å². The number of ether oxygens (including phenoxy) is 1. The number of carboxylic acids is 1. The van der Waals surface area contributed by atoms with Crippen molar-refractivity contribution in [2.75, 3.05) is 12.8 Å². The van der Waals surface area contributed by atoms with Crippen LogP contribution in [0.25, 0.3) is 0 Å². The third-order valence-electron chi connectivity index (χ3n) is 1.62. The average molecular weight is 195 g/mol. The molecule has 0 spiro atoms. The van der Waals surface area contributed by atoms with E-state index in [1.54, 1.807) is 0 Å². The van der Waals surface area contributed by atoms with E-state index in [1.807, 2.05) is 0 Å². The van der Waals surface area contributed by atoms with Crippen LogP contribution in [-0.4, -0.2) is 24.2 Å². The first-order valence-corrected chi connectivity index (χ1v) is 3.76. The SMILES string of the molecule is COC(=O)c1cc(N)cc(C(=O)O)c1. The number of anilines is 1. The van der Waals surface area contributed by atoms with Crippen molar-refractivity contribution in [2.45, 2.75) is 0 Å². The zero-order chi connectivity index (χ0) is 10.7. The molecule has 0 unspecified atom stereocenters. The molecule has 0 aliphatic heterocycles. The number of hydrogen-bond acceptors (Lipinski definition) is 4. The molecule has 0 atom stereocenters. The van der Waals surface area contributed by atoms with Gasteiger partial charge in [0.15, 0.2) is 0 Å². The van der Waals surface area contributed by atoms with Gasteiger partial charge in [0.1, 0.15) is 0 Å². The van der Waals surface area contributed by atoms with E-state index in [9.17, 15) is 9.59 Å². The largest absolute Gasteiger partial charge is 0.478 e. The summed E-state index contributed by atoms with van der Waals surface area (Å²) in [6, 6.07) is 3.84. The van der Waals surface area contributed by atoms with Gasteiger partial charge in [-0.05, 0) is 18.2 Å². The van der Waals surface area contributed by atoms with Gasteiger partial charge in [-0.15, -0.1) is 0 Å². The number of aromatic carboxylic acids is 1. The van der Waals surface area contributed by atoms with Crippen molar-refractivity contribution in [1.82, 2.24) is 0 Å². The number of carboxylic acid groups (broad SMARTS) is 1. The molecule has 0 aromatic heterocycles. The first-order chi connectivity index (χ1) is 6.54. The fourth-order valence-corrected chi connectivity index (χ4v) is 1.01. The first kappa shape index (κ1) is 10.0. The molecule has 0 fully saturated rings. The standard InChI is InChI=1S/C9H9NO4/c1-14-9(13)6-2-5(8(11)12)3-7(10)4-6/h2-4H,10H2,1H3,(H,11,12). The maximum Gasteiger partial charge on any atom is 0.337 e. The summed E-state index contributed by atoms with van der Waals surface area (Å²) in [5.41, 5.74) is 5.72. The van der Waals surface area contributed by atoms with E-state index in [0.717, 1.165) is 0 Å². The molecule has 1 aromatic rings. The maximum absolute atomic E-state index is 11.1. The zero-order valence-corrected chi connectivity index (χ0v) is 7.48. The Morgan fingerprint density at radius 3 is 2.36 bits per heavy atom. The second-order valence-electron chi connectivity index (χ2n) is 2.64. The van der Waals surface area contributed by atoms with Gasteiger partial charge in [-0.1, -0.05) is 0 Å². The van der Waals surface area contributed by atoms with Crippen LogP contribution in [0.2, 0.25) is 0 Å². The summed E-state index contributed by atoms with van der Waals surface area (Å²) in [5.74, 6) is -1.75. The minimum atomic E-state index is -1.14. The quantitative estimate of drug-likeness (QED) is 0.537. The predicted octanol–water partition coefficient (Wildman–Crippen LogP) is 0.754. The topological polar surface area (TPSA) is 89.6 Å². The van der Waals surface area contributed by atoms with Gasteiger partial charge in [0.25, 0.3) is 0 Å². The number of esters is 1. The number of carbonyl (C=O) groups is 2. The van der Waals surface area contributed by atoms with Crippen LogP contribution in [0, 0.1) is 0 Å². The first-order valence-electron chi connectivity index (χ1n) is 3.76. The molecule has 0 heterocycles. The molecule has 0 aliphatic rings. The lowest BCUT2D eigenvalue weighted by molar-refractivity contribution is 0.0601. The molecule has 0 bridgehead atoms. The second-order valence-corrected chi connectivity index (χ2v) is 2.64. The van der Waals surface area contributed by atoms with Crippen molar-refractivity contribution in [3.8, 4) is 0 Å². The van der Waals surface area contributed by atoms with Crippen LogP contribution in [0.1, 0.15) is 20.7 Å². The van der Waals surface area contributed by atoms with E-state index < -0.39 is 11.9 Å². The molecule has 74 valence electrons. The highest BCUT2D eigenvalue weighted by molar-refractivity contribution is 5.96. The minimum Gasteiger partial charge on any atom is -0.478 e. The number of nitrogens with two attached hydrogens (primary N) is 1. The van der Waals surface area contributed by atoms with Gasteiger partial charge >= 0.3 is 11.9 Å². The Labute approximate surface area is 80.1 Å². The summed E-state index contributed by atoms with van der Waals surface area (Å²) >= 11 is 0. The molecule has 0 aliphatic carbocycles. The summed E-state index contributed by atoms with van der Waals surface area (Å²) in [6.07, 6.45) is 0. The van der Waals surface area contributed by atoms with Crippen molar-refractivity contribution in [3.63, 3.8) is 0 Å². The second kappa shape index (κ2) is 3.78. The summed E-state index contributed by atoms with van der Waals surface area (Å²) in [4.78, 5) is 21.7. The van der Waals surface area contributed by atoms with Crippen molar-refractivity contribution in [1.29, 1.82) is 0 Å². The molecule has 5 heteroatoms. The number of nitrogen functional groups attached to an aromatic ring is 1. The number of carbonyl (C=O) groups excluding carboxylic acids is 1. The molecule has 0 amide bonds. The van der Waals surface area contributed by atoms with Crippen molar-refractivity contribution < 1.29 is 19.4 Å². The highest BCUT2D eigenvalue weighted by Crippen LogP contribution is 2.12. The Hall–Kier alpha value is -2.04. The van der Waals surface area contributed by atoms with E-state index in [2.05, 4.69) is 4.74 Å². The smallest absolute Gasteiger partial charge is 0.337 e. The van der Waals surface area contributed by atoms with Crippen LogP contribution in [0.3, 0.4) is 0 Å². The average Bonchev–Trinajstić information content (AvgIpc) is 2.15. The molecule has 0 saturated heterocycles. The highest BCUT2D eigenvalue weighted by atomic mass is 16.5. The van der Waals surface area contributed by atoms with Gasteiger partial charge in [-0.3, -0.25) is 0 Å². The van der Waals surface area contributed by atoms with Gasteiger partial charge in [-0.2, -0.15) is 0 Å². The molecule has 0 saturated carbocycles. The van der Waals surface area contributed by atoms with Crippen LogP contribution in [-0.2, 0) is 4.74 Å². The Morgan fingerprint density at radius 1 is 1.29 bits per heavy atom. The molecule has 5 nitrogen and oxygen atoms in total. The lowest BCUT2D eigenvalue weighted by Crippen LogP contribution is -2.06. The third-order valence-corrected chi connectivity index (χ3v) is 1.62. The zero-order valence-electron chi connectivity index (χ0n) is 7.48. The Balaban J connectivity index is 3.20. The van der Waals surface area contributed by atoms with Crippen LogP contribution in [0.5, 0.6) is 0 Å². The van der Waals surface area contributed by atoms with Gasteiger partial charge in [-0.25, -0.2) is 9.59 Å². The van der Waals surface area contributed by atoms with Gasteiger partial charge in [0.05, 0.1) is 18.2 Å². The number of hydrogen-bond donors (Lipinski definition) is 2. The van der Waals surface area contributed by atoms with Crippen molar-refractivity contribution >= 4 is 17.6 Å². The number of methoxy groups -OCH3 is 1. The molecule has 14 heavy (non-hydrogen) atoms. The van der Waals surface area contributed by atoms with Crippen LogP contribution < -0.4 is 5.73 Å². The van der Waals surface area contributed by atoms with Crippen LogP contribution in [0.4, 0.5) is 5.69 Å². The Kier molecular flexibility index (Phi) is 2.71. The van der Waals surface area contributed by atoms with Gasteiger partial charge in [0.2, 0.25) is 0 Å².